The van der Waals surface area contributed by atoms with E-state index in [1.807, 2.05) is 18.2 Å². The number of aliphatic imine (C=N–C) groups is 1. The van der Waals surface area contributed by atoms with Gasteiger partial charge in [0, 0.05) is 49.8 Å². The minimum absolute atomic E-state index is 0. The van der Waals surface area contributed by atoms with Crippen molar-refractivity contribution < 1.29 is 9.21 Å². The Morgan fingerprint density at radius 2 is 1.75 bits per heavy atom. The summed E-state index contributed by atoms with van der Waals surface area (Å²) in [5.41, 5.74) is 0.928. The molecule has 0 atom stereocenters. The van der Waals surface area contributed by atoms with Gasteiger partial charge in [-0.25, -0.2) is 0 Å². The molecule has 0 radical (unpaired) electrons. The average Bonchev–Trinajstić information content (AvgIpc) is 3.22. The zero-order valence-electron chi connectivity index (χ0n) is 15.5. The first-order chi connectivity index (χ1) is 13.1. The molecular formula is C19H23Cl2IN4O2. The number of amides is 1. The summed E-state index contributed by atoms with van der Waals surface area (Å²) >= 11 is 12.4. The Morgan fingerprint density at radius 3 is 2.32 bits per heavy atom. The highest BCUT2D eigenvalue weighted by Gasteiger charge is 2.25. The van der Waals surface area contributed by atoms with Gasteiger partial charge in [-0.2, -0.15) is 0 Å². The number of guanidine groups is 1. The zero-order chi connectivity index (χ0) is 19.2. The Bertz CT molecular complexity index is 786. The molecule has 1 saturated heterocycles. The molecule has 2 aromatic rings. The predicted molar refractivity (Wildman–Crippen MR) is 123 cm³/mol. The molecule has 0 spiro atoms. The summed E-state index contributed by atoms with van der Waals surface area (Å²) < 4.78 is 5.20. The van der Waals surface area contributed by atoms with Gasteiger partial charge in [0.05, 0.1) is 6.26 Å². The highest BCUT2D eigenvalue weighted by Crippen LogP contribution is 2.24. The van der Waals surface area contributed by atoms with E-state index < -0.39 is 0 Å². The highest BCUT2D eigenvalue weighted by atomic mass is 127. The van der Waals surface area contributed by atoms with Crippen molar-refractivity contribution >= 4 is 59.0 Å². The number of benzene rings is 1. The van der Waals surface area contributed by atoms with E-state index in [0.717, 1.165) is 11.5 Å². The standard InChI is InChI=1S/C19H22Cl2N4O2.HI/c1-22-19(23-8-7-14-15(20)4-2-5-16(14)21)25-11-9-24(10-12-25)18(26)17-6-3-13-27-17;/h2-6,13H,7-12H2,1H3,(H,22,23);1H. The monoisotopic (exact) mass is 536 g/mol. The molecule has 2 heterocycles. The van der Waals surface area contributed by atoms with Gasteiger partial charge < -0.3 is 19.5 Å². The molecular weight excluding hydrogens is 514 g/mol. The molecule has 1 amide bonds. The van der Waals surface area contributed by atoms with E-state index in [1.165, 1.54) is 6.26 Å². The van der Waals surface area contributed by atoms with E-state index >= 15 is 0 Å². The van der Waals surface area contributed by atoms with Crippen molar-refractivity contribution in [2.24, 2.45) is 4.99 Å². The second-order valence-electron chi connectivity index (χ2n) is 6.18. The lowest BCUT2D eigenvalue weighted by Crippen LogP contribution is -2.54. The fraction of sp³-hybridized carbons (Fsp3) is 0.368. The number of nitrogens with one attached hydrogen (secondary N) is 1. The second kappa shape index (κ2) is 10.9. The number of carbonyl (C=O) groups is 1. The van der Waals surface area contributed by atoms with Crippen LogP contribution in [0, 0.1) is 0 Å². The molecule has 9 heteroatoms. The van der Waals surface area contributed by atoms with Crippen molar-refractivity contribution in [3.8, 4) is 0 Å². The van der Waals surface area contributed by atoms with Crippen LogP contribution in [0.4, 0.5) is 0 Å². The molecule has 6 nitrogen and oxygen atoms in total. The van der Waals surface area contributed by atoms with Crippen molar-refractivity contribution in [3.63, 3.8) is 0 Å². The maximum absolute atomic E-state index is 12.3. The van der Waals surface area contributed by atoms with Crippen molar-refractivity contribution in [2.45, 2.75) is 6.42 Å². The maximum Gasteiger partial charge on any atom is 0.289 e. The molecule has 3 rings (SSSR count). The zero-order valence-corrected chi connectivity index (χ0v) is 19.4. The Hall–Kier alpha value is -1.45. The van der Waals surface area contributed by atoms with Gasteiger partial charge in [-0.1, -0.05) is 29.3 Å². The SMILES string of the molecule is CN=C(NCCc1c(Cl)cccc1Cl)N1CCN(C(=O)c2ccco2)CC1.I. The lowest BCUT2D eigenvalue weighted by atomic mass is 10.1. The summed E-state index contributed by atoms with van der Waals surface area (Å²) in [6.07, 6.45) is 2.22. The summed E-state index contributed by atoms with van der Waals surface area (Å²) in [6, 6.07) is 8.93. The van der Waals surface area contributed by atoms with Gasteiger partial charge in [0.1, 0.15) is 0 Å². The van der Waals surface area contributed by atoms with E-state index in [1.54, 1.807) is 24.1 Å². The molecule has 1 aliphatic heterocycles. The molecule has 0 bridgehead atoms. The van der Waals surface area contributed by atoms with Gasteiger partial charge in [-0.05, 0) is 36.2 Å². The third kappa shape index (κ3) is 5.55. The Morgan fingerprint density at radius 1 is 1.11 bits per heavy atom. The molecule has 28 heavy (non-hydrogen) atoms. The topological polar surface area (TPSA) is 61.1 Å². The van der Waals surface area contributed by atoms with Gasteiger partial charge in [0.25, 0.3) is 5.91 Å². The summed E-state index contributed by atoms with van der Waals surface area (Å²) in [5.74, 6) is 1.11. The minimum atomic E-state index is -0.0732. The number of nitrogens with zero attached hydrogens (tertiary/aromatic N) is 3. The first kappa shape index (κ1) is 22.8. The normalized spacial score (nSPS) is 14.6. The predicted octanol–water partition coefficient (Wildman–Crippen LogP) is 3.78. The van der Waals surface area contributed by atoms with Gasteiger partial charge in [-0.15, -0.1) is 24.0 Å². The van der Waals surface area contributed by atoms with Gasteiger partial charge in [0.15, 0.2) is 11.7 Å². The van der Waals surface area contributed by atoms with E-state index in [4.69, 9.17) is 27.6 Å². The third-order valence-electron chi connectivity index (χ3n) is 4.53. The first-order valence-corrected chi connectivity index (χ1v) is 9.57. The number of rotatable bonds is 4. The molecule has 0 saturated carbocycles. The van der Waals surface area contributed by atoms with Crippen LogP contribution in [-0.4, -0.2) is 61.4 Å². The molecule has 1 N–H and O–H groups in total. The lowest BCUT2D eigenvalue weighted by Gasteiger charge is -2.36. The second-order valence-corrected chi connectivity index (χ2v) is 7.00. The van der Waals surface area contributed by atoms with Crippen LogP contribution in [0.5, 0.6) is 0 Å². The molecule has 0 unspecified atom stereocenters. The fourth-order valence-corrected chi connectivity index (χ4v) is 3.67. The van der Waals surface area contributed by atoms with Crippen molar-refractivity contribution in [2.75, 3.05) is 39.8 Å². The Kier molecular flexibility index (Phi) is 8.91. The van der Waals surface area contributed by atoms with Gasteiger partial charge in [0.2, 0.25) is 0 Å². The van der Waals surface area contributed by atoms with Crippen molar-refractivity contribution in [1.29, 1.82) is 0 Å². The molecule has 0 aliphatic carbocycles. The fourth-order valence-electron chi connectivity index (χ4n) is 3.08. The number of piperazine rings is 1. The number of furan rings is 1. The van der Waals surface area contributed by atoms with Crippen LogP contribution < -0.4 is 5.32 Å². The maximum atomic E-state index is 12.3. The van der Waals surface area contributed by atoms with Crippen LogP contribution in [0.2, 0.25) is 10.0 Å². The summed E-state index contributed by atoms with van der Waals surface area (Å²) in [6.45, 7) is 3.33. The van der Waals surface area contributed by atoms with Crippen LogP contribution in [0.25, 0.3) is 0 Å². The first-order valence-electron chi connectivity index (χ1n) is 8.81. The molecule has 152 valence electrons. The average molecular weight is 537 g/mol. The smallest absolute Gasteiger partial charge is 0.289 e. The van der Waals surface area contributed by atoms with Crippen LogP contribution in [0.3, 0.4) is 0 Å². The minimum Gasteiger partial charge on any atom is -0.459 e. The quantitative estimate of drug-likeness (QED) is 0.367. The summed E-state index contributed by atoms with van der Waals surface area (Å²) in [7, 11) is 1.76. The number of carbonyl (C=O) groups excluding carboxylic acids is 1. The van der Waals surface area contributed by atoms with E-state index in [0.29, 0.717) is 55.0 Å². The van der Waals surface area contributed by atoms with E-state index in [2.05, 4.69) is 15.2 Å². The van der Waals surface area contributed by atoms with Gasteiger partial charge >= 0.3 is 0 Å². The number of halogens is 3. The van der Waals surface area contributed by atoms with Gasteiger partial charge in [-0.3, -0.25) is 9.79 Å². The van der Waals surface area contributed by atoms with E-state index in [9.17, 15) is 4.79 Å². The van der Waals surface area contributed by atoms with Crippen LogP contribution in [0.15, 0.2) is 46.0 Å². The molecule has 1 fully saturated rings. The molecule has 1 aromatic heterocycles. The summed E-state index contributed by atoms with van der Waals surface area (Å²) in [5, 5.41) is 4.69. The van der Waals surface area contributed by atoms with Crippen LogP contribution in [0.1, 0.15) is 16.1 Å². The Labute approximate surface area is 191 Å². The largest absolute Gasteiger partial charge is 0.459 e. The van der Waals surface area contributed by atoms with E-state index in [-0.39, 0.29) is 29.9 Å². The van der Waals surface area contributed by atoms with Crippen molar-refractivity contribution in [3.05, 3.63) is 58.0 Å². The number of hydrogen-bond acceptors (Lipinski definition) is 3. The number of hydrogen-bond donors (Lipinski definition) is 1. The lowest BCUT2D eigenvalue weighted by molar-refractivity contribution is 0.0658. The van der Waals surface area contributed by atoms with Crippen molar-refractivity contribution in [1.82, 2.24) is 15.1 Å². The van der Waals surface area contributed by atoms with Crippen LogP contribution >= 0.6 is 47.2 Å². The third-order valence-corrected chi connectivity index (χ3v) is 5.24. The summed E-state index contributed by atoms with van der Waals surface area (Å²) in [4.78, 5) is 20.6. The van der Waals surface area contributed by atoms with Crippen LogP contribution in [-0.2, 0) is 6.42 Å². The Balaban J connectivity index is 0.00000280. The highest BCUT2D eigenvalue weighted by molar-refractivity contribution is 14.0. The molecule has 1 aromatic carbocycles. The molecule has 1 aliphatic rings.